The van der Waals surface area contributed by atoms with E-state index in [1.807, 2.05) is 18.4 Å². The van der Waals surface area contributed by atoms with Crippen molar-refractivity contribution in [1.29, 1.82) is 0 Å². The number of aromatic amines is 1. The molecule has 16 heavy (non-hydrogen) atoms. The maximum absolute atomic E-state index is 11.8. The lowest BCUT2D eigenvalue weighted by Gasteiger charge is -2.02. The van der Waals surface area contributed by atoms with Crippen molar-refractivity contribution in [2.24, 2.45) is 0 Å². The van der Waals surface area contributed by atoms with Crippen LogP contribution in [0, 0.1) is 6.92 Å². The number of rotatable bonds is 3. The largest absolute Gasteiger partial charge is 0.347 e. The van der Waals surface area contributed by atoms with Gasteiger partial charge in [0.05, 0.1) is 6.20 Å². The summed E-state index contributed by atoms with van der Waals surface area (Å²) in [6.45, 7) is 2.42. The molecular weight excluding hydrogens is 290 g/mol. The molecule has 0 radical (unpaired) electrons. The quantitative estimate of drug-likeness (QED) is 0.915. The Kier molecular flexibility index (Phi) is 3.40. The fraction of sp³-hybridized carbons (Fsp3) is 0.200. The van der Waals surface area contributed by atoms with E-state index in [1.165, 1.54) is 11.3 Å². The van der Waals surface area contributed by atoms with E-state index in [0.717, 1.165) is 15.7 Å². The molecular formula is C10H10BrN3OS. The van der Waals surface area contributed by atoms with Gasteiger partial charge in [0.15, 0.2) is 0 Å². The lowest BCUT2D eigenvalue weighted by Crippen LogP contribution is -2.22. The standard InChI is InChI=1S/C10H10BrN3OS/c1-6-7(5-13-14-6)4-12-10(15)9-8(11)2-3-16-9/h2-3,5H,4H2,1H3,(H,12,15)(H,13,14). The zero-order chi connectivity index (χ0) is 11.5. The SMILES string of the molecule is Cc1[nH]ncc1CNC(=O)c1sccc1Br. The summed E-state index contributed by atoms with van der Waals surface area (Å²) >= 11 is 4.75. The molecule has 2 N–H and O–H groups in total. The van der Waals surface area contributed by atoms with Gasteiger partial charge in [0.1, 0.15) is 4.88 Å². The summed E-state index contributed by atoms with van der Waals surface area (Å²) in [5, 5.41) is 11.5. The van der Waals surface area contributed by atoms with Crippen LogP contribution in [-0.4, -0.2) is 16.1 Å². The van der Waals surface area contributed by atoms with Crippen LogP contribution in [0.25, 0.3) is 0 Å². The summed E-state index contributed by atoms with van der Waals surface area (Å²) < 4.78 is 0.832. The third-order valence-electron chi connectivity index (χ3n) is 2.20. The normalized spacial score (nSPS) is 10.4. The molecule has 0 aliphatic rings. The van der Waals surface area contributed by atoms with E-state index in [0.29, 0.717) is 11.4 Å². The van der Waals surface area contributed by atoms with E-state index >= 15 is 0 Å². The van der Waals surface area contributed by atoms with Crippen LogP contribution in [0.3, 0.4) is 0 Å². The van der Waals surface area contributed by atoms with Gasteiger partial charge in [-0.1, -0.05) is 0 Å². The van der Waals surface area contributed by atoms with Gasteiger partial charge in [-0.15, -0.1) is 11.3 Å². The number of hydrogen-bond acceptors (Lipinski definition) is 3. The first-order valence-corrected chi connectivity index (χ1v) is 6.36. The number of halogens is 1. The minimum absolute atomic E-state index is 0.0672. The highest BCUT2D eigenvalue weighted by atomic mass is 79.9. The minimum atomic E-state index is -0.0672. The molecule has 2 heterocycles. The van der Waals surface area contributed by atoms with Crippen LogP contribution < -0.4 is 5.32 Å². The minimum Gasteiger partial charge on any atom is -0.347 e. The molecule has 0 saturated carbocycles. The number of nitrogens with one attached hydrogen (secondary N) is 2. The number of nitrogens with zero attached hydrogens (tertiary/aromatic N) is 1. The Bertz CT molecular complexity index is 506. The van der Waals surface area contributed by atoms with Gasteiger partial charge < -0.3 is 5.32 Å². The number of aromatic nitrogens is 2. The first-order chi connectivity index (χ1) is 7.68. The molecule has 0 spiro atoms. The van der Waals surface area contributed by atoms with Crippen LogP contribution in [-0.2, 0) is 6.54 Å². The predicted octanol–water partition coefficient (Wildman–Crippen LogP) is 2.47. The van der Waals surface area contributed by atoms with Crippen molar-refractivity contribution in [2.45, 2.75) is 13.5 Å². The first kappa shape index (κ1) is 11.3. The Morgan fingerprint density at radius 3 is 3.06 bits per heavy atom. The van der Waals surface area contributed by atoms with Crippen LogP contribution >= 0.6 is 27.3 Å². The van der Waals surface area contributed by atoms with Crippen molar-refractivity contribution in [1.82, 2.24) is 15.5 Å². The van der Waals surface area contributed by atoms with Gasteiger partial charge in [-0.25, -0.2) is 0 Å². The fourth-order valence-electron chi connectivity index (χ4n) is 1.27. The van der Waals surface area contributed by atoms with Gasteiger partial charge in [0, 0.05) is 22.3 Å². The second kappa shape index (κ2) is 4.80. The number of carbonyl (C=O) groups excluding carboxylic acids is 1. The first-order valence-electron chi connectivity index (χ1n) is 4.68. The molecule has 4 nitrogen and oxygen atoms in total. The molecule has 0 fully saturated rings. The average Bonchev–Trinajstić information content (AvgIpc) is 2.84. The maximum Gasteiger partial charge on any atom is 0.262 e. The molecule has 0 aliphatic heterocycles. The number of carbonyl (C=O) groups is 1. The summed E-state index contributed by atoms with van der Waals surface area (Å²) in [6.07, 6.45) is 1.72. The van der Waals surface area contributed by atoms with Gasteiger partial charge >= 0.3 is 0 Å². The Balaban J connectivity index is 1.99. The molecule has 0 aromatic carbocycles. The zero-order valence-corrected chi connectivity index (χ0v) is 11.0. The van der Waals surface area contributed by atoms with Crippen molar-refractivity contribution in [2.75, 3.05) is 0 Å². The number of H-pyrrole nitrogens is 1. The summed E-state index contributed by atoms with van der Waals surface area (Å²) in [6, 6.07) is 1.86. The van der Waals surface area contributed by atoms with Crippen molar-refractivity contribution in [3.63, 3.8) is 0 Å². The number of aryl methyl sites for hydroxylation is 1. The Hall–Kier alpha value is -1.14. The van der Waals surface area contributed by atoms with Gasteiger partial charge in [-0.2, -0.15) is 5.10 Å². The molecule has 0 atom stereocenters. The van der Waals surface area contributed by atoms with E-state index < -0.39 is 0 Å². The molecule has 84 valence electrons. The molecule has 2 aromatic heterocycles. The number of hydrogen-bond donors (Lipinski definition) is 2. The average molecular weight is 300 g/mol. The third-order valence-corrected chi connectivity index (χ3v) is 4.03. The highest BCUT2D eigenvalue weighted by molar-refractivity contribution is 9.10. The molecule has 0 aliphatic carbocycles. The lowest BCUT2D eigenvalue weighted by molar-refractivity contribution is 0.0954. The monoisotopic (exact) mass is 299 g/mol. The van der Waals surface area contributed by atoms with Crippen molar-refractivity contribution < 1.29 is 4.79 Å². The van der Waals surface area contributed by atoms with E-state index in [2.05, 4.69) is 31.4 Å². The molecule has 2 aromatic rings. The van der Waals surface area contributed by atoms with Gasteiger partial charge in [-0.05, 0) is 34.3 Å². The highest BCUT2D eigenvalue weighted by Gasteiger charge is 2.11. The van der Waals surface area contributed by atoms with Crippen molar-refractivity contribution in [3.05, 3.63) is 38.3 Å². The maximum atomic E-state index is 11.8. The number of thiophene rings is 1. The lowest BCUT2D eigenvalue weighted by atomic mass is 10.2. The fourth-order valence-corrected chi connectivity index (χ4v) is 2.73. The Morgan fingerprint density at radius 1 is 1.69 bits per heavy atom. The molecule has 0 unspecified atom stereocenters. The third kappa shape index (κ3) is 2.33. The van der Waals surface area contributed by atoms with Crippen molar-refractivity contribution in [3.8, 4) is 0 Å². The summed E-state index contributed by atoms with van der Waals surface area (Å²) in [7, 11) is 0. The summed E-state index contributed by atoms with van der Waals surface area (Å²) in [5.41, 5.74) is 1.98. The second-order valence-electron chi connectivity index (χ2n) is 3.30. The van der Waals surface area contributed by atoms with E-state index in [1.54, 1.807) is 6.20 Å². The topological polar surface area (TPSA) is 57.8 Å². The van der Waals surface area contributed by atoms with Gasteiger partial charge in [0.25, 0.3) is 5.91 Å². The van der Waals surface area contributed by atoms with E-state index in [4.69, 9.17) is 0 Å². The zero-order valence-electron chi connectivity index (χ0n) is 8.58. The molecule has 1 amide bonds. The highest BCUT2D eigenvalue weighted by Crippen LogP contribution is 2.22. The smallest absolute Gasteiger partial charge is 0.262 e. The molecule has 6 heteroatoms. The summed E-state index contributed by atoms with van der Waals surface area (Å²) in [4.78, 5) is 12.5. The van der Waals surface area contributed by atoms with Crippen LogP contribution in [0.5, 0.6) is 0 Å². The van der Waals surface area contributed by atoms with Crippen molar-refractivity contribution >= 4 is 33.2 Å². The Morgan fingerprint density at radius 2 is 2.50 bits per heavy atom. The van der Waals surface area contributed by atoms with Crippen LogP contribution in [0.15, 0.2) is 22.1 Å². The Labute approximate surface area is 105 Å². The van der Waals surface area contributed by atoms with Crippen LogP contribution in [0.4, 0.5) is 0 Å². The van der Waals surface area contributed by atoms with Crippen LogP contribution in [0.1, 0.15) is 20.9 Å². The van der Waals surface area contributed by atoms with Crippen LogP contribution in [0.2, 0.25) is 0 Å². The predicted molar refractivity (Wildman–Crippen MR) is 66.5 cm³/mol. The summed E-state index contributed by atoms with van der Waals surface area (Å²) in [5.74, 6) is -0.0672. The van der Waals surface area contributed by atoms with Gasteiger partial charge in [0.2, 0.25) is 0 Å². The van der Waals surface area contributed by atoms with Gasteiger partial charge in [-0.3, -0.25) is 9.89 Å². The molecule has 2 rings (SSSR count). The second-order valence-corrected chi connectivity index (χ2v) is 5.07. The van der Waals surface area contributed by atoms with E-state index in [-0.39, 0.29) is 5.91 Å². The number of amides is 1. The van der Waals surface area contributed by atoms with E-state index in [9.17, 15) is 4.79 Å². The molecule has 0 bridgehead atoms. The molecule has 0 saturated heterocycles.